The average molecular weight is 322 g/mol. The summed E-state index contributed by atoms with van der Waals surface area (Å²) in [5.74, 6) is 1.03. The Morgan fingerprint density at radius 1 is 1.19 bits per heavy atom. The molecule has 1 heterocycles. The maximum absolute atomic E-state index is 13.2. The normalized spacial score (nSPS) is 12.7. The first-order chi connectivity index (χ1) is 10.1. The number of nitrogens with two attached hydrogens (primary N) is 1. The third-order valence-corrected chi connectivity index (χ3v) is 4.44. The molecule has 0 saturated carbocycles. The van der Waals surface area contributed by atoms with Gasteiger partial charge in [0.25, 0.3) is 0 Å². The lowest BCUT2D eigenvalue weighted by molar-refractivity contribution is 0.515. The fourth-order valence-electron chi connectivity index (χ4n) is 2.04. The van der Waals surface area contributed by atoms with Crippen molar-refractivity contribution in [3.8, 4) is 0 Å². The van der Waals surface area contributed by atoms with E-state index in [0.29, 0.717) is 22.1 Å². The van der Waals surface area contributed by atoms with Crippen LogP contribution in [-0.2, 0) is 0 Å². The zero-order chi connectivity index (χ0) is 14.8. The van der Waals surface area contributed by atoms with Gasteiger partial charge in [0, 0.05) is 21.1 Å². The molecule has 0 aliphatic rings. The predicted molar refractivity (Wildman–Crippen MR) is 85.3 cm³/mol. The van der Waals surface area contributed by atoms with Crippen molar-refractivity contribution in [2.24, 2.45) is 5.73 Å². The van der Waals surface area contributed by atoms with E-state index in [1.165, 1.54) is 12.1 Å². The summed E-state index contributed by atoms with van der Waals surface area (Å²) in [6, 6.07) is 13.6. The van der Waals surface area contributed by atoms with Crippen LogP contribution in [0.1, 0.15) is 11.8 Å². The Labute approximate surface area is 131 Å². The summed E-state index contributed by atoms with van der Waals surface area (Å²) >= 11 is 7.55. The zero-order valence-electron chi connectivity index (χ0n) is 11.1. The van der Waals surface area contributed by atoms with Gasteiger partial charge in [-0.2, -0.15) is 0 Å². The fourth-order valence-corrected chi connectivity index (χ4v) is 3.22. The highest BCUT2D eigenvalue weighted by molar-refractivity contribution is 7.99. The van der Waals surface area contributed by atoms with Crippen molar-refractivity contribution >= 4 is 34.3 Å². The van der Waals surface area contributed by atoms with Gasteiger partial charge in [-0.1, -0.05) is 17.7 Å². The molecule has 0 saturated heterocycles. The SMILES string of the molecule is NC(CSc1cccc(Cl)c1)c1cc2cc(F)ccc2o1. The van der Waals surface area contributed by atoms with Crippen LogP contribution in [0.4, 0.5) is 4.39 Å². The van der Waals surface area contributed by atoms with E-state index in [1.807, 2.05) is 24.3 Å². The Balaban J connectivity index is 1.73. The van der Waals surface area contributed by atoms with Crippen LogP contribution in [0.2, 0.25) is 5.02 Å². The number of halogens is 2. The molecule has 2 aromatic carbocycles. The second-order valence-corrected chi connectivity index (χ2v) is 6.24. The maximum atomic E-state index is 13.2. The molecule has 3 aromatic rings. The van der Waals surface area contributed by atoms with Crippen LogP contribution in [0.15, 0.2) is 57.8 Å². The Kier molecular flexibility index (Phi) is 4.19. The van der Waals surface area contributed by atoms with Crippen LogP contribution in [0.3, 0.4) is 0 Å². The molecule has 2 N–H and O–H groups in total. The molecule has 1 atom stereocenters. The first-order valence-corrected chi connectivity index (χ1v) is 7.81. The summed E-state index contributed by atoms with van der Waals surface area (Å²) in [4.78, 5) is 1.06. The molecule has 0 amide bonds. The summed E-state index contributed by atoms with van der Waals surface area (Å²) in [7, 11) is 0. The van der Waals surface area contributed by atoms with Crippen molar-refractivity contribution in [3.63, 3.8) is 0 Å². The van der Waals surface area contributed by atoms with Crippen molar-refractivity contribution in [2.45, 2.75) is 10.9 Å². The topological polar surface area (TPSA) is 39.2 Å². The molecule has 0 bridgehead atoms. The van der Waals surface area contributed by atoms with Crippen molar-refractivity contribution < 1.29 is 8.81 Å². The minimum absolute atomic E-state index is 0.260. The second kappa shape index (κ2) is 6.10. The molecular weight excluding hydrogens is 309 g/mol. The van der Waals surface area contributed by atoms with Gasteiger partial charge in [-0.3, -0.25) is 0 Å². The Hall–Kier alpha value is -1.49. The number of thioether (sulfide) groups is 1. The Morgan fingerprint density at radius 2 is 2.05 bits per heavy atom. The summed E-state index contributed by atoms with van der Waals surface area (Å²) in [6.45, 7) is 0. The molecule has 3 rings (SSSR count). The number of fused-ring (bicyclic) bond motifs is 1. The lowest BCUT2D eigenvalue weighted by atomic mass is 10.2. The highest BCUT2D eigenvalue weighted by Gasteiger charge is 2.13. The molecule has 2 nitrogen and oxygen atoms in total. The van der Waals surface area contributed by atoms with E-state index in [-0.39, 0.29) is 11.9 Å². The number of furan rings is 1. The van der Waals surface area contributed by atoms with Crippen molar-refractivity contribution in [3.05, 3.63) is 65.1 Å². The Bertz CT molecular complexity index is 774. The van der Waals surface area contributed by atoms with Crippen LogP contribution in [-0.4, -0.2) is 5.75 Å². The average Bonchev–Trinajstić information content (AvgIpc) is 2.88. The van der Waals surface area contributed by atoms with E-state index in [1.54, 1.807) is 23.9 Å². The van der Waals surface area contributed by atoms with Crippen LogP contribution < -0.4 is 5.73 Å². The second-order valence-electron chi connectivity index (χ2n) is 4.71. The van der Waals surface area contributed by atoms with E-state index in [9.17, 15) is 4.39 Å². The zero-order valence-corrected chi connectivity index (χ0v) is 12.6. The van der Waals surface area contributed by atoms with Crippen molar-refractivity contribution in [2.75, 3.05) is 5.75 Å². The van der Waals surface area contributed by atoms with Gasteiger partial charge in [0.15, 0.2) is 0 Å². The van der Waals surface area contributed by atoms with Crippen LogP contribution in [0.25, 0.3) is 11.0 Å². The van der Waals surface area contributed by atoms with E-state index in [4.69, 9.17) is 21.8 Å². The summed E-state index contributed by atoms with van der Waals surface area (Å²) in [5, 5.41) is 1.43. The summed E-state index contributed by atoms with van der Waals surface area (Å²) in [6.07, 6.45) is 0. The van der Waals surface area contributed by atoms with Gasteiger partial charge >= 0.3 is 0 Å². The third kappa shape index (κ3) is 3.40. The summed E-state index contributed by atoms with van der Waals surface area (Å²) in [5.41, 5.74) is 6.79. The van der Waals surface area contributed by atoms with Gasteiger partial charge in [-0.15, -0.1) is 11.8 Å². The molecule has 21 heavy (non-hydrogen) atoms. The molecular formula is C16H13ClFNOS. The smallest absolute Gasteiger partial charge is 0.134 e. The first-order valence-electron chi connectivity index (χ1n) is 6.45. The molecule has 0 spiro atoms. The fraction of sp³-hybridized carbons (Fsp3) is 0.125. The highest BCUT2D eigenvalue weighted by Crippen LogP contribution is 2.28. The number of hydrogen-bond donors (Lipinski definition) is 1. The number of hydrogen-bond acceptors (Lipinski definition) is 3. The standard InChI is InChI=1S/C16H13ClFNOS/c17-11-2-1-3-13(8-11)21-9-14(19)16-7-10-6-12(18)4-5-15(10)20-16/h1-8,14H,9,19H2. The third-order valence-electron chi connectivity index (χ3n) is 3.09. The molecule has 0 aliphatic heterocycles. The molecule has 1 unspecified atom stereocenters. The first kappa shape index (κ1) is 14.4. The van der Waals surface area contributed by atoms with Gasteiger partial charge < -0.3 is 10.2 Å². The van der Waals surface area contributed by atoms with Gasteiger partial charge in [0.2, 0.25) is 0 Å². The lowest BCUT2D eigenvalue weighted by Gasteiger charge is -2.08. The van der Waals surface area contributed by atoms with Crippen molar-refractivity contribution in [1.82, 2.24) is 0 Å². The monoisotopic (exact) mass is 321 g/mol. The quantitative estimate of drug-likeness (QED) is 0.686. The van der Waals surface area contributed by atoms with Gasteiger partial charge in [-0.05, 0) is 42.5 Å². The van der Waals surface area contributed by atoms with E-state index >= 15 is 0 Å². The van der Waals surface area contributed by atoms with E-state index in [0.717, 1.165) is 10.3 Å². The number of rotatable bonds is 4. The predicted octanol–water partition coefficient (Wildman–Crippen LogP) is 5.02. The minimum atomic E-state index is -0.281. The molecule has 1 aromatic heterocycles. The van der Waals surface area contributed by atoms with Crippen molar-refractivity contribution in [1.29, 1.82) is 0 Å². The van der Waals surface area contributed by atoms with E-state index < -0.39 is 0 Å². The van der Waals surface area contributed by atoms with Gasteiger partial charge in [0.1, 0.15) is 17.2 Å². The van der Waals surface area contributed by atoms with Crippen LogP contribution in [0.5, 0.6) is 0 Å². The molecule has 0 aliphatic carbocycles. The van der Waals surface area contributed by atoms with Crippen LogP contribution in [0, 0.1) is 5.82 Å². The van der Waals surface area contributed by atoms with E-state index in [2.05, 4.69) is 0 Å². The minimum Gasteiger partial charge on any atom is -0.459 e. The molecule has 0 fully saturated rings. The lowest BCUT2D eigenvalue weighted by Crippen LogP contribution is -2.11. The molecule has 108 valence electrons. The van der Waals surface area contributed by atoms with Crippen LogP contribution >= 0.6 is 23.4 Å². The van der Waals surface area contributed by atoms with Gasteiger partial charge in [0.05, 0.1) is 6.04 Å². The largest absolute Gasteiger partial charge is 0.459 e. The molecule has 0 radical (unpaired) electrons. The molecule has 5 heteroatoms. The summed E-state index contributed by atoms with van der Waals surface area (Å²) < 4.78 is 18.8. The maximum Gasteiger partial charge on any atom is 0.134 e. The van der Waals surface area contributed by atoms with Gasteiger partial charge in [-0.25, -0.2) is 4.39 Å². The Morgan fingerprint density at radius 3 is 2.86 bits per heavy atom. The number of benzene rings is 2. The highest BCUT2D eigenvalue weighted by atomic mass is 35.5.